The van der Waals surface area contributed by atoms with Crippen molar-refractivity contribution in [1.29, 1.82) is 5.26 Å². The molecule has 0 spiro atoms. The molecular formula is C19H15FN8O. The number of fused-ring (bicyclic) bond motifs is 2. The van der Waals surface area contributed by atoms with E-state index < -0.39 is 6.04 Å². The Hall–Kier alpha value is -4.00. The van der Waals surface area contributed by atoms with Crippen molar-refractivity contribution < 1.29 is 9.13 Å². The van der Waals surface area contributed by atoms with Crippen LogP contribution in [0.5, 0.6) is 5.88 Å². The van der Waals surface area contributed by atoms with E-state index in [1.54, 1.807) is 24.7 Å². The Morgan fingerprint density at radius 2 is 2.28 bits per heavy atom. The lowest BCUT2D eigenvalue weighted by Gasteiger charge is -2.34. The number of hydrogen-bond acceptors (Lipinski definition) is 7. The van der Waals surface area contributed by atoms with Gasteiger partial charge in [-0.25, -0.2) is 18.9 Å². The second-order valence-corrected chi connectivity index (χ2v) is 6.57. The maximum atomic E-state index is 14.2. The van der Waals surface area contributed by atoms with Crippen LogP contribution >= 0.6 is 0 Å². The summed E-state index contributed by atoms with van der Waals surface area (Å²) >= 11 is 0. The van der Waals surface area contributed by atoms with Gasteiger partial charge in [-0.1, -0.05) is 0 Å². The second kappa shape index (κ2) is 6.56. The number of methoxy groups -OCH3 is 1. The van der Waals surface area contributed by atoms with Crippen molar-refractivity contribution in [2.45, 2.75) is 12.5 Å². The van der Waals surface area contributed by atoms with Gasteiger partial charge in [0.2, 0.25) is 5.69 Å². The zero-order chi connectivity index (χ0) is 20.0. The number of nitriles is 1. The highest BCUT2D eigenvalue weighted by Crippen LogP contribution is 2.36. The molecule has 0 aliphatic carbocycles. The van der Waals surface area contributed by atoms with Crippen molar-refractivity contribution in [3.8, 4) is 11.9 Å². The van der Waals surface area contributed by atoms with Crippen molar-refractivity contribution in [2.24, 2.45) is 0 Å². The molecule has 10 heteroatoms. The zero-order valence-electron chi connectivity index (χ0n) is 15.4. The fraction of sp³-hybridized carbons (Fsp3) is 0.211. The molecule has 144 valence electrons. The van der Waals surface area contributed by atoms with E-state index in [-0.39, 0.29) is 17.4 Å². The molecule has 9 nitrogen and oxygen atoms in total. The molecule has 5 rings (SSSR count). The van der Waals surface area contributed by atoms with Crippen molar-refractivity contribution in [2.75, 3.05) is 18.6 Å². The lowest BCUT2D eigenvalue weighted by Crippen LogP contribution is -2.37. The van der Waals surface area contributed by atoms with E-state index in [9.17, 15) is 9.65 Å². The summed E-state index contributed by atoms with van der Waals surface area (Å²) in [5.41, 5.74) is 2.92. The van der Waals surface area contributed by atoms with E-state index in [2.05, 4.69) is 25.0 Å². The van der Waals surface area contributed by atoms with Gasteiger partial charge >= 0.3 is 0 Å². The highest BCUT2D eigenvalue weighted by Gasteiger charge is 2.34. The first-order valence-corrected chi connectivity index (χ1v) is 8.93. The fourth-order valence-electron chi connectivity index (χ4n) is 3.68. The molecule has 4 aromatic heterocycles. The number of hydrogen-bond donors (Lipinski definition) is 1. The highest BCUT2D eigenvalue weighted by atomic mass is 19.1. The van der Waals surface area contributed by atoms with Crippen LogP contribution in [0.1, 0.15) is 28.8 Å². The molecule has 5 heterocycles. The Bertz CT molecular complexity index is 1260. The molecule has 0 fully saturated rings. The summed E-state index contributed by atoms with van der Waals surface area (Å²) in [5.74, 6) is 0.324. The van der Waals surface area contributed by atoms with Crippen molar-refractivity contribution in [1.82, 2.24) is 29.5 Å². The number of pyridine rings is 1. The average molecular weight is 390 g/mol. The SMILES string of the molecule is COc1nc(N2CCc3[nH]cnc3[C@@H]2c2cc3c(F)cccn3n2)cnc1C#N. The minimum absolute atomic E-state index is 0.111. The van der Waals surface area contributed by atoms with Gasteiger partial charge in [0.1, 0.15) is 23.4 Å². The van der Waals surface area contributed by atoms with Crippen LogP contribution in [0.3, 0.4) is 0 Å². The van der Waals surface area contributed by atoms with Crippen LogP contribution in [0.25, 0.3) is 5.52 Å². The molecule has 0 bridgehead atoms. The monoisotopic (exact) mass is 390 g/mol. The first-order valence-electron chi connectivity index (χ1n) is 8.93. The number of nitrogens with zero attached hydrogens (tertiary/aromatic N) is 7. The third-order valence-corrected chi connectivity index (χ3v) is 5.00. The van der Waals surface area contributed by atoms with E-state index in [4.69, 9.17) is 4.74 Å². The van der Waals surface area contributed by atoms with Gasteiger partial charge < -0.3 is 14.6 Å². The van der Waals surface area contributed by atoms with Crippen LogP contribution < -0.4 is 9.64 Å². The van der Waals surface area contributed by atoms with Gasteiger partial charge in [-0.3, -0.25) is 0 Å². The number of ether oxygens (including phenoxy) is 1. The number of halogens is 1. The number of aromatic nitrogens is 6. The number of rotatable bonds is 3. The average Bonchev–Trinajstić information content (AvgIpc) is 3.40. The number of nitrogens with one attached hydrogen (secondary N) is 1. The molecular weight excluding hydrogens is 375 g/mol. The summed E-state index contributed by atoms with van der Waals surface area (Å²) in [6, 6.07) is 6.29. The Balaban J connectivity index is 1.67. The number of imidazole rings is 1. The second-order valence-electron chi connectivity index (χ2n) is 6.57. The van der Waals surface area contributed by atoms with E-state index in [1.807, 2.05) is 11.0 Å². The van der Waals surface area contributed by atoms with Crippen LogP contribution in [-0.4, -0.2) is 43.2 Å². The Morgan fingerprint density at radius 1 is 1.38 bits per heavy atom. The highest BCUT2D eigenvalue weighted by molar-refractivity contribution is 5.55. The van der Waals surface area contributed by atoms with E-state index >= 15 is 0 Å². The molecule has 0 amide bonds. The topological polar surface area (TPSA) is 108 Å². The van der Waals surface area contributed by atoms with Gasteiger partial charge in [0, 0.05) is 24.9 Å². The Morgan fingerprint density at radius 3 is 3.07 bits per heavy atom. The predicted octanol–water partition coefficient (Wildman–Crippen LogP) is 2.02. The van der Waals surface area contributed by atoms with Crippen LogP contribution in [0.2, 0.25) is 0 Å². The molecule has 1 atom stereocenters. The molecule has 0 saturated carbocycles. The van der Waals surface area contributed by atoms with Gasteiger partial charge in [0.25, 0.3) is 5.88 Å². The maximum Gasteiger partial charge on any atom is 0.252 e. The van der Waals surface area contributed by atoms with Crippen LogP contribution in [0.15, 0.2) is 36.9 Å². The maximum absolute atomic E-state index is 14.2. The lowest BCUT2D eigenvalue weighted by atomic mass is 10.00. The first-order chi connectivity index (χ1) is 14.2. The summed E-state index contributed by atoms with van der Waals surface area (Å²) in [4.78, 5) is 18.3. The normalized spacial score (nSPS) is 15.9. The molecule has 29 heavy (non-hydrogen) atoms. The minimum atomic E-state index is -0.392. The standard InChI is InChI=1S/C19H15FN8O/c1-29-19-14(8-21)22-9-16(25-19)27-6-4-12-17(24-10-23-12)18(27)13-7-15-11(20)3-2-5-28(15)26-13/h2-3,5,7,9-10,18H,4,6H2,1H3,(H,23,24)/t18-/m0/s1. The van der Waals surface area contributed by atoms with Crippen LogP contribution in [0.4, 0.5) is 10.2 Å². The zero-order valence-corrected chi connectivity index (χ0v) is 15.4. The lowest BCUT2D eigenvalue weighted by molar-refractivity contribution is 0.393. The molecule has 1 N–H and O–H groups in total. The largest absolute Gasteiger partial charge is 0.479 e. The van der Waals surface area contributed by atoms with Gasteiger partial charge in [0.15, 0.2) is 5.82 Å². The van der Waals surface area contributed by atoms with Gasteiger partial charge in [-0.05, 0) is 18.2 Å². The molecule has 0 unspecified atom stereocenters. The van der Waals surface area contributed by atoms with Gasteiger partial charge in [-0.2, -0.15) is 15.3 Å². The number of aromatic amines is 1. The third-order valence-electron chi connectivity index (χ3n) is 5.00. The predicted molar refractivity (Wildman–Crippen MR) is 99.9 cm³/mol. The summed E-state index contributed by atoms with van der Waals surface area (Å²) in [6.07, 6.45) is 5.59. The molecule has 4 aromatic rings. The summed E-state index contributed by atoms with van der Waals surface area (Å²) in [5, 5.41) is 13.8. The summed E-state index contributed by atoms with van der Waals surface area (Å²) in [6.45, 7) is 0.611. The van der Waals surface area contributed by atoms with Crippen molar-refractivity contribution in [3.05, 3.63) is 65.5 Å². The summed E-state index contributed by atoms with van der Waals surface area (Å²) < 4.78 is 21.0. The van der Waals surface area contributed by atoms with Crippen molar-refractivity contribution in [3.63, 3.8) is 0 Å². The number of H-pyrrole nitrogens is 1. The Labute approximate surface area is 164 Å². The van der Waals surface area contributed by atoms with E-state index in [0.717, 1.165) is 17.8 Å². The van der Waals surface area contributed by atoms with Gasteiger partial charge in [-0.15, -0.1) is 0 Å². The molecule has 1 aliphatic heterocycles. The molecule has 0 aromatic carbocycles. The minimum Gasteiger partial charge on any atom is -0.479 e. The van der Waals surface area contributed by atoms with E-state index in [1.165, 1.54) is 23.9 Å². The first kappa shape index (κ1) is 17.1. The third kappa shape index (κ3) is 2.67. The molecule has 0 radical (unpaired) electrons. The van der Waals surface area contributed by atoms with E-state index in [0.29, 0.717) is 23.6 Å². The fourth-order valence-corrected chi connectivity index (χ4v) is 3.68. The Kier molecular flexibility index (Phi) is 3.87. The van der Waals surface area contributed by atoms with Crippen molar-refractivity contribution >= 4 is 11.3 Å². The quantitative estimate of drug-likeness (QED) is 0.570. The van der Waals surface area contributed by atoms with Gasteiger partial charge in [0.05, 0.1) is 31.0 Å². The molecule has 0 saturated heterocycles. The van der Waals surface area contributed by atoms with Crippen LogP contribution in [0, 0.1) is 17.1 Å². The summed E-state index contributed by atoms with van der Waals surface area (Å²) in [7, 11) is 1.44. The van der Waals surface area contributed by atoms with Crippen LogP contribution in [-0.2, 0) is 6.42 Å². The number of anilines is 1. The smallest absolute Gasteiger partial charge is 0.252 e. The molecule has 1 aliphatic rings.